The summed E-state index contributed by atoms with van der Waals surface area (Å²) in [7, 11) is 0. The van der Waals surface area contributed by atoms with Crippen molar-refractivity contribution < 1.29 is 9.90 Å². The van der Waals surface area contributed by atoms with Gasteiger partial charge < -0.3 is 21.5 Å². The number of aliphatic hydroxyl groups is 1. The zero-order chi connectivity index (χ0) is 13.3. The summed E-state index contributed by atoms with van der Waals surface area (Å²) in [5.74, 6) is 0.469. The fourth-order valence-electron chi connectivity index (χ4n) is 2.40. The second kappa shape index (κ2) is 4.81. The van der Waals surface area contributed by atoms with E-state index < -0.39 is 5.91 Å². The summed E-state index contributed by atoms with van der Waals surface area (Å²) in [6, 6.07) is 1.63. The Morgan fingerprint density at radius 3 is 3.00 bits per heavy atom. The van der Waals surface area contributed by atoms with Crippen molar-refractivity contribution in [1.29, 1.82) is 0 Å². The number of pyridine rings is 1. The van der Waals surface area contributed by atoms with Gasteiger partial charge in [0.05, 0.1) is 30.1 Å². The quantitative estimate of drug-likeness (QED) is 0.698. The molecule has 98 valence electrons. The number of nitrogens with two attached hydrogens (primary N) is 2. The van der Waals surface area contributed by atoms with Crippen molar-refractivity contribution in [3.63, 3.8) is 0 Å². The van der Waals surface area contributed by atoms with Crippen LogP contribution in [0.25, 0.3) is 0 Å². The summed E-state index contributed by atoms with van der Waals surface area (Å²) in [6.45, 7) is 2.97. The first-order valence-corrected chi connectivity index (χ1v) is 5.97. The van der Waals surface area contributed by atoms with Crippen molar-refractivity contribution >= 4 is 17.4 Å². The van der Waals surface area contributed by atoms with Crippen LogP contribution in [0, 0.1) is 5.92 Å². The van der Waals surface area contributed by atoms with Gasteiger partial charge >= 0.3 is 0 Å². The Labute approximate surface area is 106 Å². The van der Waals surface area contributed by atoms with Crippen molar-refractivity contribution in [1.82, 2.24) is 4.98 Å². The Kier molecular flexibility index (Phi) is 3.38. The highest BCUT2D eigenvalue weighted by molar-refractivity contribution is 5.98. The topological polar surface area (TPSA) is 105 Å². The van der Waals surface area contributed by atoms with Crippen LogP contribution < -0.4 is 16.4 Å². The molecule has 0 radical (unpaired) electrons. The third-order valence-corrected chi connectivity index (χ3v) is 3.55. The average molecular weight is 250 g/mol. The van der Waals surface area contributed by atoms with E-state index in [-0.39, 0.29) is 23.9 Å². The Balaban J connectivity index is 2.34. The predicted octanol–water partition coefficient (Wildman–Crippen LogP) is -0.0302. The minimum absolute atomic E-state index is 0.0295. The fourth-order valence-corrected chi connectivity index (χ4v) is 2.40. The van der Waals surface area contributed by atoms with Crippen molar-refractivity contribution in [2.75, 3.05) is 23.8 Å². The second-order valence-corrected chi connectivity index (χ2v) is 4.70. The van der Waals surface area contributed by atoms with Gasteiger partial charge in [-0.25, -0.2) is 4.98 Å². The molecule has 1 aliphatic heterocycles. The van der Waals surface area contributed by atoms with Crippen molar-refractivity contribution in [2.24, 2.45) is 11.7 Å². The van der Waals surface area contributed by atoms with Crippen molar-refractivity contribution in [3.8, 4) is 0 Å². The number of carbonyl (C=O) groups is 1. The molecule has 0 bridgehead atoms. The summed E-state index contributed by atoms with van der Waals surface area (Å²) in [5.41, 5.74) is 11.5. The molecule has 0 aliphatic carbocycles. The Morgan fingerprint density at radius 2 is 2.39 bits per heavy atom. The number of hydrogen-bond donors (Lipinski definition) is 3. The van der Waals surface area contributed by atoms with E-state index in [0.717, 1.165) is 13.0 Å². The summed E-state index contributed by atoms with van der Waals surface area (Å²) < 4.78 is 0. The van der Waals surface area contributed by atoms with Gasteiger partial charge in [0, 0.05) is 6.54 Å². The van der Waals surface area contributed by atoms with Crippen LogP contribution in [-0.4, -0.2) is 35.2 Å². The van der Waals surface area contributed by atoms with E-state index in [1.807, 2.05) is 4.90 Å². The van der Waals surface area contributed by atoms with Gasteiger partial charge in [-0.1, -0.05) is 6.92 Å². The summed E-state index contributed by atoms with van der Waals surface area (Å²) in [6.07, 6.45) is 2.43. The molecule has 1 aromatic heterocycles. The number of nitrogens with zero attached hydrogens (tertiary/aromatic N) is 2. The SMILES string of the molecule is CC1CCN(c2cc(C(N)=O)c(N)cn2)C1CO. The molecule has 2 rings (SSSR count). The molecule has 2 heterocycles. The van der Waals surface area contributed by atoms with Gasteiger partial charge in [0.2, 0.25) is 0 Å². The number of aliphatic hydroxyl groups excluding tert-OH is 1. The van der Waals surface area contributed by atoms with E-state index in [2.05, 4.69) is 11.9 Å². The lowest BCUT2D eigenvalue weighted by Gasteiger charge is -2.26. The zero-order valence-electron chi connectivity index (χ0n) is 10.3. The number of nitrogen functional groups attached to an aromatic ring is 1. The molecular formula is C12H18N4O2. The molecule has 0 saturated carbocycles. The van der Waals surface area contributed by atoms with Crippen molar-refractivity contribution in [2.45, 2.75) is 19.4 Å². The number of anilines is 2. The first-order chi connectivity index (χ1) is 8.54. The molecule has 1 amide bonds. The number of hydrogen-bond acceptors (Lipinski definition) is 5. The van der Waals surface area contributed by atoms with Gasteiger partial charge in [-0.2, -0.15) is 0 Å². The standard InChI is InChI=1S/C12H18N4O2/c1-7-2-3-16(10(7)6-17)11-4-8(12(14)18)9(13)5-15-11/h4-5,7,10,17H,2-3,6,13H2,1H3,(H2,14,18). The summed E-state index contributed by atoms with van der Waals surface area (Å²) in [5, 5.41) is 9.42. The highest BCUT2D eigenvalue weighted by Crippen LogP contribution is 2.29. The lowest BCUT2D eigenvalue weighted by atomic mass is 10.0. The van der Waals surface area contributed by atoms with E-state index in [1.54, 1.807) is 6.07 Å². The van der Waals surface area contributed by atoms with Crippen LogP contribution in [-0.2, 0) is 0 Å². The molecular weight excluding hydrogens is 232 g/mol. The van der Waals surface area contributed by atoms with Gasteiger partial charge in [-0.15, -0.1) is 0 Å². The Morgan fingerprint density at radius 1 is 1.67 bits per heavy atom. The minimum atomic E-state index is -0.566. The van der Waals surface area contributed by atoms with Crippen LogP contribution in [0.15, 0.2) is 12.3 Å². The number of aromatic nitrogens is 1. The monoisotopic (exact) mass is 250 g/mol. The molecule has 6 nitrogen and oxygen atoms in total. The maximum absolute atomic E-state index is 11.3. The van der Waals surface area contributed by atoms with Crippen LogP contribution in [0.1, 0.15) is 23.7 Å². The van der Waals surface area contributed by atoms with Crippen LogP contribution in [0.3, 0.4) is 0 Å². The Hall–Kier alpha value is -1.82. The molecule has 5 N–H and O–H groups in total. The molecule has 1 fully saturated rings. The summed E-state index contributed by atoms with van der Waals surface area (Å²) in [4.78, 5) is 17.5. The second-order valence-electron chi connectivity index (χ2n) is 4.70. The number of primary amides is 1. The lowest BCUT2D eigenvalue weighted by Crippen LogP contribution is -2.36. The van der Waals surface area contributed by atoms with E-state index in [9.17, 15) is 9.90 Å². The number of carbonyl (C=O) groups excluding carboxylic acids is 1. The van der Waals surface area contributed by atoms with Gasteiger partial charge in [0.15, 0.2) is 0 Å². The van der Waals surface area contributed by atoms with Gasteiger partial charge in [-0.3, -0.25) is 4.79 Å². The molecule has 1 aliphatic rings. The van der Waals surface area contributed by atoms with E-state index in [1.165, 1.54) is 6.20 Å². The molecule has 18 heavy (non-hydrogen) atoms. The van der Waals surface area contributed by atoms with Crippen LogP contribution >= 0.6 is 0 Å². The predicted molar refractivity (Wildman–Crippen MR) is 69.2 cm³/mol. The zero-order valence-corrected chi connectivity index (χ0v) is 10.3. The first-order valence-electron chi connectivity index (χ1n) is 5.97. The maximum atomic E-state index is 11.3. The average Bonchev–Trinajstić information content (AvgIpc) is 2.70. The molecule has 2 atom stereocenters. The maximum Gasteiger partial charge on any atom is 0.250 e. The highest BCUT2D eigenvalue weighted by Gasteiger charge is 2.31. The van der Waals surface area contributed by atoms with Gasteiger partial charge in [-0.05, 0) is 18.4 Å². The van der Waals surface area contributed by atoms with Crippen LogP contribution in [0.2, 0.25) is 0 Å². The normalized spacial score (nSPS) is 23.3. The van der Waals surface area contributed by atoms with E-state index in [4.69, 9.17) is 11.5 Å². The summed E-state index contributed by atoms with van der Waals surface area (Å²) >= 11 is 0. The van der Waals surface area contributed by atoms with E-state index >= 15 is 0 Å². The van der Waals surface area contributed by atoms with Crippen molar-refractivity contribution in [3.05, 3.63) is 17.8 Å². The molecule has 0 spiro atoms. The number of rotatable bonds is 3. The van der Waals surface area contributed by atoms with E-state index in [0.29, 0.717) is 11.7 Å². The van der Waals surface area contributed by atoms with Crippen LogP contribution in [0.4, 0.5) is 11.5 Å². The minimum Gasteiger partial charge on any atom is -0.397 e. The molecule has 6 heteroatoms. The van der Waals surface area contributed by atoms with Gasteiger partial charge in [0.1, 0.15) is 5.82 Å². The third kappa shape index (κ3) is 2.11. The fraction of sp³-hybridized carbons (Fsp3) is 0.500. The third-order valence-electron chi connectivity index (χ3n) is 3.55. The number of amides is 1. The first kappa shape index (κ1) is 12.6. The smallest absolute Gasteiger partial charge is 0.250 e. The molecule has 2 unspecified atom stereocenters. The molecule has 1 saturated heterocycles. The highest BCUT2D eigenvalue weighted by atomic mass is 16.3. The lowest BCUT2D eigenvalue weighted by molar-refractivity contribution is 0.100. The molecule has 0 aromatic carbocycles. The van der Waals surface area contributed by atoms with Crippen LogP contribution in [0.5, 0.6) is 0 Å². The Bertz CT molecular complexity index is 463. The van der Waals surface area contributed by atoms with Gasteiger partial charge in [0.25, 0.3) is 5.91 Å². The largest absolute Gasteiger partial charge is 0.397 e. The molecule has 1 aromatic rings.